The van der Waals surface area contributed by atoms with Crippen LogP contribution in [0.15, 0.2) is 52.4 Å². The molecule has 0 radical (unpaired) electrons. The molecule has 2 heterocycles. The van der Waals surface area contributed by atoms with Crippen molar-refractivity contribution in [3.05, 3.63) is 58.4 Å². The lowest BCUT2D eigenvalue weighted by atomic mass is 10.2. The number of hydrogen-bond donors (Lipinski definition) is 0. The largest absolute Gasteiger partial charge is 0.316 e. The van der Waals surface area contributed by atoms with Gasteiger partial charge in [-0.3, -0.25) is 4.79 Å². The van der Waals surface area contributed by atoms with Crippen molar-refractivity contribution in [1.82, 2.24) is 8.87 Å². The Hall–Kier alpha value is -2.29. The molecule has 0 aliphatic carbocycles. The Labute approximate surface area is 186 Å². The van der Waals surface area contributed by atoms with E-state index in [-0.39, 0.29) is 10.8 Å². The van der Waals surface area contributed by atoms with Gasteiger partial charge in [0.05, 0.1) is 15.1 Å². The number of rotatable bonds is 6. The molecule has 6 nitrogen and oxygen atoms in total. The van der Waals surface area contributed by atoms with Crippen molar-refractivity contribution in [1.29, 1.82) is 0 Å². The number of sulfonamides is 1. The summed E-state index contributed by atoms with van der Waals surface area (Å²) in [5.74, 6) is -0.364. The van der Waals surface area contributed by atoms with Crippen LogP contribution >= 0.6 is 11.3 Å². The molecule has 1 saturated heterocycles. The second-order valence-electron chi connectivity index (χ2n) is 7.74. The lowest BCUT2D eigenvalue weighted by molar-refractivity contribution is 0.0997. The molecule has 4 rings (SSSR count). The van der Waals surface area contributed by atoms with Gasteiger partial charge in [-0.15, -0.1) is 0 Å². The molecule has 0 unspecified atom stereocenters. The molecule has 0 atom stereocenters. The topological polar surface area (TPSA) is 71.7 Å². The van der Waals surface area contributed by atoms with Crippen molar-refractivity contribution >= 4 is 37.5 Å². The number of hydrogen-bond acceptors (Lipinski definition) is 4. The van der Waals surface area contributed by atoms with Crippen molar-refractivity contribution in [2.24, 2.45) is 4.99 Å². The Morgan fingerprint density at radius 1 is 1.06 bits per heavy atom. The molecule has 8 heteroatoms. The molecule has 1 amide bonds. The minimum absolute atomic E-state index is 0.223. The second-order valence-corrected chi connectivity index (χ2v) is 10.7. The number of carbonyl (C=O) groups is 1. The quantitative estimate of drug-likeness (QED) is 0.557. The third kappa shape index (κ3) is 4.37. The summed E-state index contributed by atoms with van der Waals surface area (Å²) in [7, 11) is -3.49. The zero-order chi connectivity index (χ0) is 22.0. The Bertz CT molecular complexity index is 1270. The SMILES string of the molecule is CCCn1c(=NC(=O)c2ccc(S(=O)(=O)N3CCCC3)cc2)sc2cc(CC)ccc21. The molecule has 3 aromatic rings. The Morgan fingerprint density at radius 2 is 1.77 bits per heavy atom. The predicted octanol–water partition coefficient (Wildman–Crippen LogP) is 4.20. The molecule has 0 saturated carbocycles. The van der Waals surface area contributed by atoms with E-state index in [9.17, 15) is 13.2 Å². The van der Waals surface area contributed by atoms with E-state index in [2.05, 4.69) is 41.6 Å². The van der Waals surface area contributed by atoms with Gasteiger partial charge in [0.1, 0.15) is 0 Å². The van der Waals surface area contributed by atoms with Crippen LogP contribution in [0.25, 0.3) is 10.2 Å². The third-order valence-electron chi connectivity index (χ3n) is 5.60. The highest BCUT2D eigenvalue weighted by Crippen LogP contribution is 2.22. The molecule has 1 fully saturated rings. The minimum Gasteiger partial charge on any atom is -0.316 e. The van der Waals surface area contributed by atoms with E-state index >= 15 is 0 Å². The predicted molar refractivity (Wildman–Crippen MR) is 124 cm³/mol. The molecule has 0 N–H and O–H groups in total. The first-order valence-corrected chi connectivity index (χ1v) is 13.0. The van der Waals surface area contributed by atoms with Crippen LogP contribution in [0.4, 0.5) is 0 Å². The van der Waals surface area contributed by atoms with Crippen molar-refractivity contribution in [2.45, 2.75) is 51.0 Å². The highest BCUT2D eigenvalue weighted by Gasteiger charge is 2.27. The van der Waals surface area contributed by atoms with Crippen LogP contribution in [0.2, 0.25) is 0 Å². The maximum atomic E-state index is 12.9. The maximum Gasteiger partial charge on any atom is 0.279 e. The molecule has 0 bridgehead atoms. The number of aryl methyl sites for hydroxylation is 2. The van der Waals surface area contributed by atoms with Crippen LogP contribution in [0.5, 0.6) is 0 Å². The van der Waals surface area contributed by atoms with Crippen LogP contribution in [0.1, 0.15) is 49.0 Å². The summed E-state index contributed by atoms with van der Waals surface area (Å²) < 4.78 is 30.1. The highest BCUT2D eigenvalue weighted by atomic mass is 32.2. The molecule has 1 aliphatic heterocycles. The van der Waals surface area contributed by atoms with Crippen LogP contribution < -0.4 is 4.80 Å². The Kier molecular flexibility index (Phi) is 6.41. The van der Waals surface area contributed by atoms with Gasteiger partial charge in [0, 0.05) is 25.2 Å². The first-order chi connectivity index (χ1) is 14.9. The fourth-order valence-corrected chi connectivity index (χ4v) is 6.50. The van der Waals surface area contributed by atoms with Gasteiger partial charge < -0.3 is 4.57 Å². The maximum absolute atomic E-state index is 12.9. The van der Waals surface area contributed by atoms with Gasteiger partial charge in [0.15, 0.2) is 4.80 Å². The van der Waals surface area contributed by atoms with Crippen LogP contribution in [0.3, 0.4) is 0 Å². The molecule has 164 valence electrons. The average molecular weight is 458 g/mol. The fourth-order valence-electron chi connectivity index (χ4n) is 3.86. The van der Waals surface area contributed by atoms with Crippen molar-refractivity contribution in [3.63, 3.8) is 0 Å². The number of carbonyl (C=O) groups excluding carboxylic acids is 1. The van der Waals surface area contributed by atoms with E-state index < -0.39 is 10.0 Å². The zero-order valence-corrected chi connectivity index (χ0v) is 19.5. The molecule has 0 spiro atoms. The van der Waals surface area contributed by atoms with Gasteiger partial charge in [-0.2, -0.15) is 9.30 Å². The normalized spacial score (nSPS) is 15.7. The van der Waals surface area contributed by atoms with Crippen LogP contribution in [0, 0.1) is 0 Å². The lowest BCUT2D eigenvalue weighted by Crippen LogP contribution is -2.27. The summed E-state index contributed by atoms with van der Waals surface area (Å²) in [6.07, 6.45) is 3.67. The lowest BCUT2D eigenvalue weighted by Gasteiger charge is -2.15. The van der Waals surface area contributed by atoms with Crippen LogP contribution in [-0.2, 0) is 23.0 Å². The summed E-state index contributed by atoms with van der Waals surface area (Å²) in [6.45, 7) is 6.12. The number of aromatic nitrogens is 1. The zero-order valence-electron chi connectivity index (χ0n) is 17.9. The van der Waals surface area contributed by atoms with Crippen molar-refractivity contribution in [3.8, 4) is 0 Å². The summed E-state index contributed by atoms with van der Waals surface area (Å²) in [6, 6.07) is 12.5. The molecule has 31 heavy (non-hydrogen) atoms. The van der Waals surface area contributed by atoms with E-state index in [1.807, 2.05) is 0 Å². The number of nitrogens with zero attached hydrogens (tertiary/aromatic N) is 3. The van der Waals surface area contributed by atoms with Crippen molar-refractivity contribution < 1.29 is 13.2 Å². The number of fused-ring (bicyclic) bond motifs is 1. The van der Waals surface area contributed by atoms with E-state index in [0.717, 1.165) is 42.4 Å². The summed E-state index contributed by atoms with van der Waals surface area (Å²) >= 11 is 1.51. The monoisotopic (exact) mass is 457 g/mol. The average Bonchev–Trinajstić information content (AvgIpc) is 3.43. The fraction of sp³-hybridized carbons (Fsp3) is 0.391. The first-order valence-electron chi connectivity index (χ1n) is 10.8. The second kappa shape index (κ2) is 9.06. The van der Waals surface area contributed by atoms with E-state index in [1.165, 1.54) is 33.3 Å². The van der Waals surface area contributed by atoms with Gasteiger partial charge in [-0.1, -0.05) is 31.3 Å². The number of amides is 1. The Balaban J connectivity index is 1.67. The van der Waals surface area contributed by atoms with Gasteiger partial charge in [0.2, 0.25) is 10.0 Å². The highest BCUT2D eigenvalue weighted by molar-refractivity contribution is 7.89. The van der Waals surface area contributed by atoms with E-state index in [0.29, 0.717) is 23.5 Å². The molecular formula is C23H27N3O3S2. The smallest absolute Gasteiger partial charge is 0.279 e. The number of thiazole rings is 1. The molecule has 1 aliphatic rings. The summed E-state index contributed by atoms with van der Waals surface area (Å²) in [5, 5.41) is 0. The standard InChI is InChI=1S/C23H27N3O3S2/c1-3-13-26-20-12-7-17(4-2)16-21(20)30-23(26)24-22(27)18-8-10-19(11-9-18)31(28,29)25-14-5-6-15-25/h7-12,16H,3-6,13-15H2,1-2H3. The van der Waals surface area contributed by atoms with E-state index in [4.69, 9.17) is 0 Å². The number of benzene rings is 2. The van der Waals surface area contributed by atoms with Crippen molar-refractivity contribution in [2.75, 3.05) is 13.1 Å². The van der Waals surface area contributed by atoms with E-state index in [1.54, 1.807) is 12.1 Å². The molecule has 1 aromatic heterocycles. The molecular weight excluding hydrogens is 430 g/mol. The Morgan fingerprint density at radius 3 is 2.42 bits per heavy atom. The summed E-state index contributed by atoms with van der Waals surface area (Å²) in [4.78, 5) is 18.1. The summed E-state index contributed by atoms with van der Waals surface area (Å²) in [5.41, 5.74) is 2.72. The van der Waals surface area contributed by atoms with Gasteiger partial charge in [-0.25, -0.2) is 8.42 Å². The van der Waals surface area contributed by atoms with Crippen LogP contribution in [-0.4, -0.2) is 36.3 Å². The van der Waals surface area contributed by atoms with Gasteiger partial charge in [0.25, 0.3) is 5.91 Å². The molecule has 2 aromatic carbocycles. The van der Waals surface area contributed by atoms with Gasteiger partial charge >= 0.3 is 0 Å². The third-order valence-corrected chi connectivity index (χ3v) is 8.56. The minimum atomic E-state index is -3.49. The first kappa shape index (κ1) is 21.9. The van der Waals surface area contributed by atoms with Gasteiger partial charge in [-0.05, 0) is 67.6 Å².